The number of hydrogen-bond donors (Lipinski definition) is 1. The van der Waals surface area contributed by atoms with Crippen molar-refractivity contribution in [2.75, 3.05) is 32.2 Å². The summed E-state index contributed by atoms with van der Waals surface area (Å²) in [5, 5.41) is 3.57. The smallest absolute Gasteiger partial charge is 0.351 e. The largest absolute Gasteiger partial charge is 0.480 e. The maximum absolute atomic E-state index is 12.3. The zero-order chi connectivity index (χ0) is 22.2. The van der Waals surface area contributed by atoms with E-state index in [0.29, 0.717) is 10.6 Å². The average Bonchev–Trinajstić information content (AvgIpc) is 3.13. The first kappa shape index (κ1) is 23.1. The Bertz CT molecular complexity index is 901. The van der Waals surface area contributed by atoms with Gasteiger partial charge in [-0.2, -0.15) is 0 Å². The number of carbonyl (C=O) groups is 2. The Labute approximate surface area is 187 Å². The lowest BCUT2D eigenvalue weighted by Crippen LogP contribution is -2.17. The number of esters is 2. The van der Waals surface area contributed by atoms with Gasteiger partial charge >= 0.3 is 11.9 Å². The van der Waals surface area contributed by atoms with Gasteiger partial charge in [0, 0.05) is 22.7 Å². The second-order valence-corrected chi connectivity index (χ2v) is 8.79. The summed E-state index contributed by atoms with van der Waals surface area (Å²) >= 11 is 1.31. The Morgan fingerprint density at radius 1 is 1.19 bits per heavy atom. The summed E-state index contributed by atoms with van der Waals surface area (Å²) in [7, 11) is 1.34. The van der Waals surface area contributed by atoms with Crippen molar-refractivity contribution in [1.29, 1.82) is 0 Å². The number of thiophene rings is 1. The van der Waals surface area contributed by atoms with Crippen LogP contribution in [0.2, 0.25) is 0 Å². The van der Waals surface area contributed by atoms with Crippen LogP contribution in [0.25, 0.3) is 10.4 Å². The zero-order valence-corrected chi connectivity index (χ0v) is 19.3. The molecule has 0 bridgehead atoms. The highest BCUT2D eigenvalue weighted by Gasteiger charge is 2.24. The molecule has 168 valence electrons. The first-order chi connectivity index (χ1) is 15.0. The summed E-state index contributed by atoms with van der Waals surface area (Å²) in [6.45, 7) is 4.63. The summed E-state index contributed by atoms with van der Waals surface area (Å²) in [6, 6.07) is 8.18. The third kappa shape index (κ3) is 6.00. The molecule has 7 heteroatoms. The van der Waals surface area contributed by atoms with E-state index in [1.807, 2.05) is 19.1 Å². The second kappa shape index (κ2) is 11.2. The van der Waals surface area contributed by atoms with Crippen LogP contribution in [0.3, 0.4) is 0 Å². The molecule has 0 spiro atoms. The number of nitrogens with one attached hydrogen (secondary N) is 1. The van der Waals surface area contributed by atoms with E-state index >= 15 is 0 Å². The van der Waals surface area contributed by atoms with Crippen molar-refractivity contribution in [3.63, 3.8) is 0 Å². The average molecular weight is 446 g/mol. The van der Waals surface area contributed by atoms with Crippen LogP contribution in [-0.2, 0) is 14.3 Å². The fraction of sp³-hybridized carbons (Fsp3) is 0.500. The Kier molecular flexibility index (Phi) is 8.35. The van der Waals surface area contributed by atoms with Crippen molar-refractivity contribution in [1.82, 2.24) is 0 Å². The summed E-state index contributed by atoms with van der Waals surface area (Å²) in [4.78, 5) is 25.3. The molecule has 1 aliphatic rings. The van der Waals surface area contributed by atoms with Crippen LogP contribution >= 0.6 is 11.3 Å². The van der Waals surface area contributed by atoms with Gasteiger partial charge < -0.3 is 19.5 Å². The van der Waals surface area contributed by atoms with Crippen LogP contribution in [0.4, 0.5) is 5.69 Å². The van der Waals surface area contributed by atoms with Crippen molar-refractivity contribution < 1.29 is 23.8 Å². The van der Waals surface area contributed by atoms with Crippen LogP contribution < -0.4 is 10.1 Å². The molecule has 0 aliphatic heterocycles. The van der Waals surface area contributed by atoms with Crippen LogP contribution in [0.1, 0.15) is 54.3 Å². The number of carbonyl (C=O) groups excluding carboxylic acids is 2. The summed E-state index contributed by atoms with van der Waals surface area (Å²) in [5.41, 5.74) is 2.86. The van der Waals surface area contributed by atoms with Gasteiger partial charge in [-0.15, -0.1) is 11.3 Å². The number of rotatable bonds is 9. The van der Waals surface area contributed by atoms with Crippen molar-refractivity contribution in [3.8, 4) is 16.2 Å². The SMILES string of the molecule is CCOC(=O)COc1c(C(=O)OC)sc(-c2cccc(NCC3CCCCC3)c2)c1C. The molecular formula is C24H31NO5S. The molecule has 0 atom stereocenters. The van der Waals surface area contributed by atoms with E-state index in [2.05, 4.69) is 17.4 Å². The number of benzene rings is 1. The molecule has 0 radical (unpaired) electrons. The van der Waals surface area contributed by atoms with E-state index < -0.39 is 11.9 Å². The maximum atomic E-state index is 12.3. The highest BCUT2D eigenvalue weighted by molar-refractivity contribution is 7.18. The fourth-order valence-corrected chi connectivity index (χ4v) is 5.10. The Morgan fingerprint density at radius 3 is 2.68 bits per heavy atom. The predicted molar refractivity (Wildman–Crippen MR) is 123 cm³/mol. The van der Waals surface area contributed by atoms with Gasteiger partial charge in [0.25, 0.3) is 0 Å². The standard InChI is InChI=1S/C24H31NO5S/c1-4-29-20(26)15-30-21-16(2)22(31-23(21)24(27)28-3)18-11-8-12-19(13-18)25-14-17-9-6-5-7-10-17/h8,11-13,17,25H,4-7,9-10,14-15H2,1-3H3. The third-order valence-corrected chi connectivity index (χ3v) is 6.85. The summed E-state index contributed by atoms with van der Waals surface area (Å²) in [5.74, 6) is 0.152. The first-order valence-electron chi connectivity index (χ1n) is 10.9. The highest BCUT2D eigenvalue weighted by Crippen LogP contribution is 2.42. The number of ether oxygens (including phenoxy) is 3. The molecule has 0 unspecified atom stereocenters. The molecule has 2 aromatic rings. The Morgan fingerprint density at radius 2 is 1.97 bits per heavy atom. The second-order valence-electron chi connectivity index (χ2n) is 7.77. The van der Waals surface area contributed by atoms with Crippen molar-refractivity contribution >= 4 is 29.0 Å². The minimum Gasteiger partial charge on any atom is -0.480 e. The van der Waals surface area contributed by atoms with Crippen LogP contribution in [0.15, 0.2) is 24.3 Å². The topological polar surface area (TPSA) is 73.9 Å². The van der Waals surface area contributed by atoms with Gasteiger partial charge in [0.2, 0.25) is 0 Å². The zero-order valence-electron chi connectivity index (χ0n) is 18.5. The van der Waals surface area contributed by atoms with E-state index in [-0.39, 0.29) is 13.2 Å². The molecular weight excluding hydrogens is 414 g/mol. The minimum absolute atomic E-state index is 0.252. The number of hydrogen-bond acceptors (Lipinski definition) is 7. The van der Waals surface area contributed by atoms with Crippen molar-refractivity contribution in [2.45, 2.75) is 46.0 Å². The summed E-state index contributed by atoms with van der Waals surface area (Å²) < 4.78 is 15.5. The fourth-order valence-electron chi connectivity index (χ4n) is 3.93. The maximum Gasteiger partial charge on any atom is 0.351 e. The van der Waals surface area contributed by atoms with E-state index in [0.717, 1.165) is 34.2 Å². The van der Waals surface area contributed by atoms with Crippen molar-refractivity contribution in [3.05, 3.63) is 34.7 Å². The number of anilines is 1. The van der Waals surface area contributed by atoms with Gasteiger partial charge in [-0.3, -0.25) is 0 Å². The van der Waals surface area contributed by atoms with Crippen LogP contribution in [0, 0.1) is 12.8 Å². The summed E-state index contributed by atoms with van der Waals surface area (Å²) in [6.07, 6.45) is 6.59. The molecule has 1 heterocycles. The Balaban J connectivity index is 1.80. The normalized spacial score (nSPS) is 14.2. The lowest BCUT2D eigenvalue weighted by molar-refractivity contribution is -0.145. The van der Waals surface area contributed by atoms with Crippen LogP contribution in [-0.4, -0.2) is 38.8 Å². The van der Waals surface area contributed by atoms with Gasteiger partial charge in [-0.1, -0.05) is 31.4 Å². The van der Waals surface area contributed by atoms with Crippen LogP contribution in [0.5, 0.6) is 5.75 Å². The molecule has 1 aliphatic carbocycles. The highest BCUT2D eigenvalue weighted by atomic mass is 32.1. The molecule has 6 nitrogen and oxygen atoms in total. The van der Waals surface area contributed by atoms with Gasteiger partial charge in [-0.05, 0) is 50.3 Å². The molecule has 31 heavy (non-hydrogen) atoms. The molecule has 1 aromatic carbocycles. The van der Waals surface area contributed by atoms with E-state index in [9.17, 15) is 9.59 Å². The molecule has 1 aromatic heterocycles. The van der Waals surface area contributed by atoms with Gasteiger partial charge in [-0.25, -0.2) is 9.59 Å². The number of methoxy groups -OCH3 is 1. The predicted octanol–water partition coefficient (Wildman–Crippen LogP) is 5.44. The molecule has 0 saturated heterocycles. The third-order valence-electron chi connectivity index (χ3n) is 5.55. The monoisotopic (exact) mass is 445 g/mol. The van der Waals surface area contributed by atoms with Gasteiger partial charge in [0.05, 0.1) is 13.7 Å². The van der Waals surface area contributed by atoms with E-state index in [4.69, 9.17) is 14.2 Å². The lowest BCUT2D eigenvalue weighted by Gasteiger charge is -2.22. The molecule has 0 amide bonds. The Hall–Kier alpha value is -2.54. The first-order valence-corrected chi connectivity index (χ1v) is 11.7. The van der Waals surface area contributed by atoms with E-state index in [1.165, 1.54) is 50.6 Å². The molecule has 3 rings (SSSR count). The van der Waals surface area contributed by atoms with Gasteiger partial charge in [0.15, 0.2) is 11.5 Å². The molecule has 1 N–H and O–H groups in total. The molecule has 1 saturated carbocycles. The lowest BCUT2D eigenvalue weighted by atomic mass is 9.89. The molecule has 1 fully saturated rings. The van der Waals surface area contributed by atoms with Gasteiger partial charge in [0.1, 0.15) is 5.75 Å². The minimum atomic E-state index is -0.482. The van der Waals surface area contributed by atoms with E-state index in [1.54, 1.807) is 6.92 Å². The quantitative estimate of drug-likeness (QED) is 0.518. The van der Waals surface area contributed by atoms with Crippen molar-refractivity contribution in [2.24, 2.45) is 5.92 Å².